The molecule has 0 aliphatic heterocycles. The summed E-state index contributed by atoms with van der Waals surface area (Å²) in [7, 11) is 1.59. The lowest BCUT2D eigenvalue weighted by Crippen LogP contribution is -2.20. The Morgan fingerprint density at radius 3 is 1.85 bits per heavy atom. The van der Waals surface area contributed by atoms with Gasteiger partial charge in [-0.05, 0) is 47.5 Å². The maximum Gasteiger partial charge on any atom is 0.257 e. The molecule has 4 aromatic carbocycles. The molecule has 2 amide bonds. The normalized spacial score (nSPS) is 10.5. The van der Waals surface area contributed by atoms with Crippen molar-refractivity contribution in [2.45, 2.75) is 12.3 Å². The van der Waals surface area contributed by atoms with Crippen LogP contribution < -0.4 is 15.4 Å². The second-order valence-electron chi connectivity index (χ2n) is 7.85. The van der Waals surface area contributed by atoms with Gasteiger partial charge in [0.25, 0.3) is 5.91 Å². The highest BCUT2D eigenvalue weighted by Crippen LogP contribution is 2.29. The molecule has 5 heteroatoms. The van der Waals surface area contributed by atoms with Gasteiger partial charge >= 0.3 is 0 Å². The largest absolute Gasteiger partial charge is 0.497 e. The summed E-state index contributed by atoms with van der Waals surface area (Å²) in [6, 6.07) is 34.0. The lowest BCUT2D eigenvalue weighted by Gasteiger charge is -2.18. The second-order valence-corrected chi connectivity index (χ2v) is 7.85. The van der Waals surface area contributed by atoms with E-state index in [2.05, 4.69) is 10.6 Å². The molecule has 0 fully saturated rings. The smallest absolute Gasteiger partial charge is 0.257 e. The summed E-state index contributed by atoms with van der Waals surface area (Å²) in [6.07, 6.45) is 0.252. The fraction of sp³-hybridized carbons (Fsp3) is 0.103. The van der Waals surface area contributed by atoms with Gasteiger partial charge in [-0.3, -0.25) is 9.59 Å². The average Bonchev–Trinajstić information content (AvgIpc) is 2.89. The lowest BCUT2D eigenvalue weighted by molar-refractivity contribution is -0.116. The number of para-hydroxylation sites is 1. The van der Waals surface area contributed by atoms with Crippen LogP contribution in [0, 0.1) is 0 Å². The van der Waals surface area contributed by atoms with Crippen molar-refractivity contribution in [1.82, 2.24) is 0 Å². The number of hydrogen-bond donors (Lipinski definition) is 2. The van der Waals surface area contributed by atoms with Crippen LogP contribution in [-0.2, 0) is 4.79 Å². The summed E-state index contributed by atoms with van der Waals surface area (Å²) in [5, 5.41) is 5.82. The molecule has 2 N–H and O–H groups in total. The molecule has 0 saturated heterocycles. The van der Waals surface area contributed by atoms with E-state index < -0.39 is 0 Å². The summed E-state index contributed by atoms with van der Waals surface area (Å²) in [5.41, 5.74) is 3.63. The lowest BCUT2D eigenvalue weighted by atomic mass is 9.88. The highest BCUT2D eigenvalue weighted by Gasteiger charge is 2.20. The van der Waals surface area contributed by atoms with Crippen LogP contribution in [0.15, 0.2) is 109 Å². The van der Waals surface area contributed by atoms with Crippen molar-refractivity contribution in [3.8, 4) is 5.75 Å². The Bertz CT molecular complexity index is 1200. The molecule has 0 aliphatic carbocycles. The van der Waals surface area contributed by atoms with Gasteiger partial charge in [-0.2, -0.15) is 0 Å². The van der Waals surface area contributed by atoms with E-state index in [-0.39, 0.29) is 24.2 Å². The molecule has 0 bridgehead atoms. The van der Waals surface area contributed by atoms with Crippen molar-refractivity contribution in [2.24, 2.45) is 0 Å². The number of anilines is 2. The van der Waals surface area contributed by atoms with E-state index in [1.807, 2.05) is 60.7 Å². The van der Waals surface area contributed by atoms with E-state index in [0.29, 0.717) is 22.7 Å². The van der Waals surface area contributed by atoms with Crippen LogP contribution in [0.25, 0.3) is 0 Å². The molecule has 0 saturated carbocycles. The molecule has 4 aromatic rings. The molecule has 0 spiro atoms. The van der Waals surface area contributed by atoms with E-state index in [4.69, 9.17) is 4.74 Å². The quantitative estimate of drug-likeness (QED) is 0.340. The first kappa shape index (κ1) is 22.8. The van der Waals surface area contributed by atoms with Gasteiger partial charge in [0.2, 0.25) is 5.91 Å². The van der Waals surface area contributed by atoms with Gasteiger partial charge in [-0.1, -0.05) is 72.8 Å². The maximum absolute atomic E-state index is 13.1. The third-order valence-corrected chi connectivity index (χ3v) is 5.59. The first-order valence-electron chi connectivity index (χ1n) is 11.1. The Kier molecular flexibility index (Phi) is 7.35. The number of ether oxygens (including phenoxy) is 1. The third-order valence-electron chi connectivity index (χ3n) is 5.59. The van der Waals surface area contributed by atoms with E-state index >= 15 is 0 Å². The number of hydrogen-bond acceptors (Lipinski definition) is 3. The van der Waals surface area contributed by atoms with Gasteiger partial charge in [0.1, 0.15) is 5.75 Å². The van der Waals surface area contributed by atoms with Crippen LogP contribution >= 0.6 is 0 Å². The zero-order valence-corrected chi connectivity index (χ0v) is 18.9. The average molecular weight is 451 g/mol. The molecule has 0 radical (unpaired) electrons. The van der Waals surface area contributed by atoms with Gasteiger partial charge in [-0.15, -0.1) is 0 Å². The number of amides is 2. The number of carbonyl (C=O) groups is 2. The molecule has 0 aromatic heterocycles. The zero-order chi connectivity index (χ0) is 23.8. The maximum atomic E-state index is 13.1. The second kappa shape index (κ2) is 11.0. The van der Waals surface area contributed by atoms with Crippen LogP contribution in [0.4, 0.5) is 11.4 Å². The van der Waals surface area contributed by atoms with Gasteiger partial charge in [-0.25, -0.2) is 0 Å². The monoisotopic (exact) mass is 450 g/mol. The summed E-state index contributed by atoms with van der Waals surface area (Å²) < 4.78 is 5.16. The van der Waals surface area contributed by atoms with E-state index in [1.165, 1.54) is 0 Å². The molecule has 0 heterocycles. The molecule has 0 unspecified atom stereocenters. The minimum Gasteiger partial charge on any atom is -0.497 e. The van der Waals surface area contributed by atoms with Crippen molar-refractivity contribution < 1.29 is 14.3 Å². The van der Waals surface area contributed by atoms with Crippen molar-refractivity contribution >= 4 is 23.2 Å². The predicted octanol–water partition coefficient (Wildman–Crippen LogP) is 6.11. The molecular formula is C29H26N2O3. The minimum atomic E-state index is -0.302. The van der Waals surface area contributed by atoms with Crippen molar-refractivity contribution in [1.29, 1.82) is 0 Å². The Morgan fingerprint density at radius 2 is 1.26 bits per heavy atom. The summed E-state index contributed by atoms with van der Waals surface area (Å²) in [6.45, 7) is 0. The SMILES string of the molecule is COc1ccc(NC(=O)c2ccccc2NC(=O)CC(c2ccccc2)c2ccccc2)cc1. The van der Waals surface area contributed by atoms with Gasteiger partial charge in [0.15, 0.2) is 0 Å². The van der Waals surface area contributed by atoms with Crippen molar-refractivity contribution in [3.63, 3.8) is 0 Å². The van der Waals surface area contributed by atoms with E-state index in [9.17, 15) is 9.59 Å². The molecular weight excluding hydrogens is 424 g/mol. The van der Waals surface area contributed by atoms with Crippen molar-refractivity contribution in [3.05, 3.63) is 126 Å². The van der Waals surface area contributed by atoms with E-state index in [0.717, 1.165) is 11.1 Å². The van der Waals surface area contributed by atoms with Crippen LogP contribution in [0.2, 0.25) is 0 Å². The van der Waals surface area contributed by atoms with Crippen LogP contribution in [0.5, 0.6) is 5.75 Å². The molecule has 0 aliphatic rings. The summed E-state index contributed by atoms with van der Waals surface area (Å²) >= 11 is 0. The van der Waals surface area contributed by atoms with Gasteiger partial charge in [0.05, 0.1) is 18.4 Å². The Morgan fingerprint density at radius 1 is 0.706 bits per heavy atom. The first-order valence-corrected chi connectivity index (χ1v) is 11.1. The summed E-state index contributed by atoms with van der Waals surface area (Å²) in [4.78, 5) is 26.1. The fourth-order valence-corrected chi connectivity index (χ4v) is 3.85. The number of rotatable bonds is 8. The molecule has 170 valence electrons. The molecule has 0 atom stereocenters. The topological polar surface area (TPSA) is 67.4 Å². The fourth-order valence-electron chi connectivity index (χ4n) is 3.85. The highest BCUT2D eigenvalue weighted by atomic mass is 16.5. The molecule has 4 rings (SSSR count). The standard InChI is InChI=1S/C29H26N2O3/c1-34-24-18-16-23(17-19-24)30-29(33)25-14-8-9-15-27(25)31-28(32)20-26(21-10-4-2-5-11-21)22-12-6-3-7-13-22/h2-19,26H,20H2,1H3,(H,30,33)(H,31,32). The number of carbonyl (C=O) groups excluding carboxylic acids is 2. The Hall–Kier alpha value is -4.38. The molecule has 34 heavy (non-hydrogen) atoms. The van der Waals surface area contributed by atoms with Gasteiger partial charge < -0.3 is 15.4 Å². The highest BCUT2D eigenvalue weighted by molar-refractivity contribution is 6.10. The zero-order valence-electron chi connectivity index (χ0n) is 18.9. The molecule has 5 nitrogen and oxygen atoms in total. The van der Waals surface area contributed by atoms with Crippen LogP contribution in [0.3, 0.4) is 0 Å². The van der Waals surface area contributed by atoms with Crippen LogP contribution in [0.1, 0.15) is 33.8 Å². The predicted molar refractivity (Wildman–Crippen MR) is 135 cm³/mol. The number of methoxy groups -OCH3 is 1. The number of nitrogens with one attached hydrogen (secondary N) is 2. The minimum absolute atomic E-state index is 0.0947. The van der Waals surface area contributed by atoms with Crippen molar-refractivity contribution in [2.75, 3.05) is 17.7 Å². The third kappa shape index (κ3) is 5.70. The Labute approximate surface area is 199 Å². The first-order chi connectivity index (χ1) is 16.6. The van der Waals surface area contributed by atoms with Crippen LogP contribution in [-0.4, -0.2) is 18.9 Å². The van der Waals surface area contributed by atoms with Gasteiger partial charge in [0, 0.05) is 18.0 Å². The number of benzene rings is 4. The van der Waals surface area contributed by atoms with E-state index in [1.54, 1.807) is 55.6 Å². The summed E-state index contributed by atoms with van der Waals surface area (Å²) in [5.74, 6) is 0.144. The Balaban J connectivity index is 1.51.